The first kappa shape index (κ1) is 19.6. The first-order chi connectivity index (χ1) is 15.1. The first-order valence-corrected chi connectivity index (χ1v) is 10.7. The predicted octanol–water partition coefficient (Wildman–Crippen LogP) is 6.52. The van der Waals surface area contributed by atoms with Crippen LogP contribution in [0.4, 0.5) is 14.9 Å². The number of anilines is 1. The van der Waals surface area contributed by atoms with Gasteiger partial charge in [-0.2, -0.15) is 0 Å². The van der Waals surface area contributed by atoms with Gasteiger partial charge in [-0.25, -0.2) is 9.18 Å². The Labute approximate surface area is 188 Å². The highest BCUT2D eigenvalue weighted by Gasteiger charge is 2.33. The van der Waals surface area contributed by atoms with E-state index in [0.29, 0.717) is 12.2 Å². The molecule has 0 aliphatic carbocycles. The Balaban J connectivity index is 1.62. The van der Waals surface area contributed by atoms with Crippen molar-refractivity contribution in [1.29, 1.82) is 0 Å². The third-order valence-corrected chi connectivity index (χ3v) is 6.03. The minimum atomic E-state index is -0.376. The summed E-state index contributed by atoms with van der Waals surface area (Å²) in [4.78, 5) is 15.3. The van der Waals surface area contributed by atoms with Gasteiger partial charge in [0, 0.05) is 22.1 Å². The molecule has 3 aromatic carbocycles. The summed E-state index contributed by atoms with van der Waals surface area (Å²) in [6.07, 6.45) is 2.00. The molecule has 2 amide bonds. The highest BCUT2D eigenvalue weighted by molar-refractivity contribution is 9.10. The van der Waals surface area contributed by atoms with Gasteiger partial charge in [0.1, 0.15) is 5.82 Å². The Kier molecular flexibility index (Phi) is 5.08. The summed E-state index contributed by atoms with van der Waals surface area (Å²) >= 11 is 3.42. The molecule has 0 saturated carbocycles. The van der Waals surface area contributed by atoms with Crippen molar-refractivity contribution in [3.63, 3.8) is 0 Å². The minimum Gasteiger partial charge on any atom is -0.318 e. The lowest BCUT2D eigenvalue weighted by molar-refractivity contribution is 0.194. The number of rotatable bonds is 2. The molecule has 0 saturated heterocycles. The zero-order valence-electron chi connectivity index (χ0n) is 16.5. The van der Waals surface area contributed by atoms with E-state index in [9.17, 15) is 9.18 Å². The summed E-state index contributed by atoms with van der Waals surface area (Å²) < 4.78 is 16.7. The summed E-state index contributed by atoms with van der Waals surface area (Å²) in [6.45, 7) is 0.419. The number of fused-ring (bicyclic) bond motifs is 3. The van der Waals surface area contributed by atoms with Crippen LogP contribution in [-0.2, 0) is 6.54 Å². The van der Waals surface area contributed by atoms with Crippen molar-refractivity contribution in [1.82, 2.24) is 9.47 Å². The SMILES string of the molecule is O=C(Nc1ccc(Br)cc1)N1Cc2ccccc2-n2cccc2[C@H]1c1ccc(F)cc1. The minimum absolute atomic E-state index is 0.221. The summed E-state index contributed by atoms with van der Waals surface area (Å²) in [5, 5.41) is 3.01. The first-order valence-electron chi connectivity index (χ1n) is 9.94. The lowest BCUT2D eigenvalue weighted by Gasteiger charge is -2.31. The van der Waals surface area contributed by atoms with E-state index in [1.165, 1.54) is 12.1 Å². The fourth-order valence-electron chi connectivity index (χ4n) is 4.06. The van der Waals surface area contributed by atoms with Crippen LogP contribution in [0.15, 0.2) is 95.6 Å². The third-order valence-electron chi connectivity index (χ3n) is 5.51. The van der Waals surface area contributed by atoms with Crippen molar-refractivity contribution in [2.24, 2.45) is 0 Å². The zero-order chi connectivity index (χ0) is 21.4. The van der Waals surface area contributed by atoms with Crippen LogP contribution < -0.4 is 5.32 Å². The number of benzene rings is 3. The van der Waals surface area contributed by atoms with Crippen LogP contribution in [0.25, 0.3) is 5.69 Å². The molecule has 1 N–H and O–H groups in total. The Bertz CT molecular complexity index is 1230. The molecule has 5 rings (SSSR count). The average Bonchev–Trinajstić information content (AvgIpc) is 3.20. The Morgan fingerprint density at radius 1 is 0.935 bits per heavy atom. The molecule has 154 valence electrons. The molecule has 31 heavy (non-hydrogen) atoms. The van der Waals surface area contributed by atoms with E-state index < -0.39 is 0 Å². The molecule has 0 radical (unpaired) electrons. The van der Waals surface area contributed by atoms with Crippen LogP contribution in [0, 0.1) is 5.82 Å². The smallest absolute Gasteiger partial charge is 0.318 e. The van der Waals surface area contributed by atoms with E-state index in [0.717, 1.165) is 27.0 Å². The number of halogens is 2. The number of nitrogens with zero attached hydrogens (tertiary/aromatic N) is 2. The number of aromatic nitrogens is 1. The van der Waals surface area contributed by atoms with Crippen molar-refractivity contribution in [2.45, 2.75) is 12.6 Å². The predicted molar refractivity (Wildman–Crippen MR) is 123 cm³/mol. The van der Waals surface area contributed by atoms with Crippen LogP contribution >= 0.6 is 15.9 Å². The van der Waals surface area contributed by atoms with Crippen LogP contribution in [0.3, 0.4) is 0 Å². The van der Waals surface area contributed by atoms with Gasteiger partial charge >= 0.3 is 6.03 Å². The van der Waals surface area contributed by atoms with Gasteiger partial charge in [-0.15, -0.1) is 0 Å². The molecule has 0 unspecified atom stereocenters. The Morgan fingerprint density at radius 2 is 1.68 bits per heavy atom. The van der Waals surface area contributed by atoms with Gasteiger partial charge in [0.15, 0.2) is 0 Å². The van der Waals surface area contributed by atoms with Gasteiger partial charge < -0.3 is 14.8 Å². The topological polar surface area (TPSA) is 37.3 Å². The lowest BCUT2D eigenvalue weighted by Crippen LogP contribution is -2.37. The normalized spacial score (nSPS) is 15.0. The van der Waals surface area contributed by atoms with E-state index >= 15 is 0 Å². The van der Waals surface area contributed by atoms with Crippen LogP contribution in [0.2, 0.25) is 0 Å². The second-order valence-corrected chi connectivity index (χ2v) is 8.37. The molecule has 1 atom stereocenters. The van der Waals surface area contributed by atoms with E-state index in [2.05, 4.69) is 31.9 Å². The molecule has 4 nitrogen and oxygen atoms in total. The summed E-state index contributed by atoms with van der Waals surface area (Å²) in [7, 11) is 0. The number of nitrogens with one attached hydrogen (secondary N) is 1. The maximum Gasteiger partial charge on any atom is 0.322 e. The number of carbonyl (C=O) groups is 1. The van der Waals surface area contributed by atoms with Crippen molar-refractivity contribution in [3.05, 3.63) is 118 Å². The van der Waals surface area contributed by atoms with Gasteiger partial charge in [-0.1, -0.05) is 46.3 Å². The van der Waals surface area contributed by atoms with Crippen molar-refractivity contribution in [2.75, 3.05) is 5.32 Å². The third kappa shape index (κ3) is 3.75. The van der Waals surface area contributed by atoms with Crippen LogP contribution in [0.1, 0.15) is 22.9 Å². The molecule has 2 heterocycles. The maximum atomic E-state index is 13.7. The van der Waals surface area contributed by atoms with E-state index in [1.807, 2.05) is 60.8 Å². The molecular formula is C25H19BrFN3O. The number of para-hydroxylation sites is 1. The fourth-order valence-corrected chi connectivity index (χ4v) is 4.33. The van der Waals surface area contributed by atoms with Gasteiger partial charge in [-0.05, 0) is 65.7 Å². The summed E-state index contributed by atoms with van der Waals surface area (Å²) in [5.41, 5.74) is 4.57. The van der Waals surface area contributed by atoms with Crippen molar-refractivity contribution in [3.8, 4) is 5.69 Å². The van der Waals surface area contributed by atoms with Gasteiger partial charge in [0.05, 0.1) is 18.3 Å². The second kappa shape index (κ2) is 8.04. The molecule has 4 aromatic rings. The molecular weight excluding hydrogens is 457 g/mol. The van der Waals surface area contributed by atoms with E-state index in [-0.39, 0.29) is 17.9 Å². The highest BCUT2D eigenvalue weighted by Crippen LogP contribution is 2.37. The fraction of sp³-hybridized carbons (Fsp3) is 0.0800. The summed E-state index contributed by atoms with van der Waals surface area (Å²) in [6, 6.07) is 25.3. The number of hydrogen-bond donors (Lipinski definition) is 1. The van der Waals surface area contributed by atoms with Crippen LogP contribution in [-0.4, -0.2) is 15.5 Å². The van der Waals surface area contributed by atoms with Crippen LogP contribution in [0.5, 0.6) is 0 Å². The Morgan fingerprint density at radius 3 is 2.45 bits per heavy atom. The molecule has 1 aromatic heterocycles. The maximum absolute atomic E-state index is 13.7. The Hall–Kier alpha value is -3.38. The van der Waals surface area contributed by atoms with E-state index in [1.54, 1.807) is 17.0 Å². The molecule has 1 aliphatic rings. The molecule has 0 fully saturated rings. The van der Waals surface area contributed by atoms with E-state index in [4.69, 9.17) is 0 Å². The van der Waals surface area contributed by atoms with Gasteiger partial charge in [-0.3, -0.25) is 0 Å². The molecule has 6 heteroatoms. The molecule has 0 bridgehead atoms. The van der Waals surface area contributed by atoms with Gasteiger partial charge in [0.25, 0.3) is 0 Å². The second-order valence-electron chi connectivity index (χ2n) is 7.45. The average molecular weight is 476 g/mol. The lowest BCUT2D eigenvalue weighted by atomic mass is 10.0. The zero-order valence-corrected chi connectivity index (χ0v) is 18.1. The standard InChI is InChI=1S/C25H19BrFN3O/c26-19-9-13-21(14-10-19)28-25(31)30-16-18-4-1-2-5-22(18)29-15-3-6-23(29)24(30)17-7-11-20(27)12-8-17/h1-15,24H,16H2,(H,28,31)/t24-/m1/s1. The highest BCUT2D eigenvalue weighted by atomic mass is 79.9. The quantitative estimate of drug-likeness (QED) is 0.352. The van der Waals surface area contributed by atoms with Crippen molar-refractivity contribution < 1.29 is 9.18 Å². The number of urea groups is 1. The number of amides is 2. The van der Waals surface area contributed by atoms with Crippen molar-refractivity contribution >= 4 is 27.6 Å². The van der Waals surface area contributed by atoms with Gasteiger partial charge in [0.2, 0.25) is 0 Å². The monoisotopic (exact) mass is 475 g/mol. The summed E-state index contributed by atoms with van der Waals surface area (Å²) in [5.74, 6) is -0.304. The number of hydrogen-bond acceptors (Lipinski definition) is 1. The molecule has 0 spiro atoms. The number of carbonyl (C=O) groups excluding carboxylic acids is 1. The largest absolute Gasteiger partial charge is 0.322 e. The molecule has 1 aliphatic heterocycles.